The fourth-order valence-electron chi connectivity index (χ4n) is 3.27. The molecule has 3 aromatic carbocycles. The number of hydrogen-bond donors (Lipinski definition) is 0. The van der Waals surface area contributed by atoms with Gasteiger partial charge in [-0.1, -0.05) is 91.3 Å². The fraction of sp³-hybridized carbons (Fsp3) is 0.250. The van der Waals surface area contributed by atoms with Crippen LogP contribution in [0.2, 0.25) is 0 Å². The molecule has 4 rings (SSSR count). The van der Waals surface area contributed by atoms with E-state index in [0.717, 1.165) is 0 Å². The summed E-state index contributed by atoms with van der Waals surface area (Å²) in [6.07, 6.45) is 4.28. The van der Waals surface area contributed by atoms with Crippen molar-refractivity contribution in [3.8, 4) is 22.3 Å². The van der Waals surface area contributed by atoms with Gasteiger partial charge in [-0.25, -0.2) is 0 Å². The second-order valence-corrected chi connectivity index (χ2v) is 6.64. The van der Waals surface area contributed by atoms with Gasteiger partial charge in [0, 0.05) is 17.1 Å². The molecule has 0 spiro atoms. The first-order valence-corrected chi connectivity index (χ1v) is 9.23. The molecule has 1 saturated heterocycles. The molecule has 1 aliphatic rings. The van der Waals surface area contributed by atoms with Gasteiger partial charge in [0.25, 0.3) is 0 Å². The van der Waals surface area contributed by atoms with Gasteiger partial charge in [-0.15, -0.1) is 0 Å². The summed E-state index contributed by atoms with van der Waals surface area (Å²) in [7, 11) is 2.19. The molecule has 0 bridgehead atoms. The molecule has 139 valence electrons. The summed E-state index contributed by atoms with van der Waals surface area (Å²) < 4.78 is 0. The van der Waals surface area contributed by atoms with Crippen LogP contribution in [0.1, 0.15) is 19.3 Å². The average Bonchev–Trinajstić information content (AvgIpc) is 2.70. The van der Waals surface area contributed by atoms with E-state index in [1.807, 2.05) is 0 Å². The molecule has 0 N–H and O–H groups in total. The molecule has 1 radical (unpaired) electrons. The van der Waals surface area contributed by atoms with E-state index in [2.05, 4.69) is 96.9 Å². The Balaban J connectivity index is 0.000000258. The Kier molecular flexibility index (Phi) is 8.64. The van der Waals surface area contributed by atoms with Crippen LogP contribution in [0.15, 0.2) is 84.9 Å². The summed E-state index contributed by atoms with van der Waals surface area (Å²) in [5.74, 6) is 0. The number of likely N-dealkylation sites (tertiary alicyclic amines) is 1. The van der Waals surface area contributed by atoms with Crippen LogP contribution < -0.4 is 0 Å². The van der Waals surface area contributed by atoms with E-state index in [4.69, 9.17) is 0 Å². The predicted molar refractivity (Wildman–Crippen MR) is 109 cm³/mol. The van der Waals surface area contributed by atoms with Crippen molar-refractivity contribution in [1.82, 2.24) is 4.90 Å². The van der Waals surface area contributed by atoms with Crippen molar-refractivity contribution in [3.63, 3.8) is 0 Å². The molecule has 0 amide bonds. The maximum Gasteiger partial charge on any atom is 0 e. The Hall–Kier alpha value is -1.86. The summed E-state index contributed by atoms with van der Waals surface area (Å²) >= 11 is 0. The van der Waals surface area contributed by atoms with Gasteiger partial charge in [0.05, 0.1) is 0 Å². The SMILES string of the molecule is CN1CCCCC1.[Cu].c1ccc(-c2ccccc2-c2ccccc2)cc1. The van der Waals surface area contributed by atoms with E-state index >= 15 is 0 Å². The molecule has 3 aromatic rings. The third-order valence-electron chi connectivity index (χ3n) is 4.68. The topological polar surface area (TPSA) is 3.24 Å². The molecule has 0 aliphatic carbocycles. The summed E-state index contributed by atoms with van der Waals surface area (Å²) in [4.78, 5) is 2.39. The number of nitrogens with zero attached hydrogens (tertiary/aromatic N) is 1. The van der Waals surface area contributed by atoms with Gasteiger partial charge in [-0.3, -0.25) is 0 Å². The van der Waals surface area contributed by atoms with Gasteiger partial charge >= 0.3 is 0 Å². The van der Waals surface area contributed by atoms with E-state index in [-0.39, 0.29) is 17.1 Å². The molecule has 0 atom stereocenters. The van der Waals surface area contributed by atoms with Crippen molar-refractivity contribution in [2.75, 3.05) is 20.1 Å². The van der Waals surface area contributed by atoms with Crippen LogP contribution in [0.3, 0.4) is 0 Å². The molecular formula is C24H27CuN. The quantitative estimate of drug-likeness (QED) is 0.475. The Morgan fingerprint density at radius 3 is 1.27 bits per heavy atom. The van der Waals surface area contributed by atoms with Gasteiger partial charge in [-0.2, -0.15) is 0 Å². The first kappa shape index (κ1) is 20.5. The summed E-state index contributed by atoms with van der Waals surface area (Å²) in [6.45, 7) is 2.64. The fourth-order valence-corrected chi connectivity index (χ4v) is 3.27. The van der Waals surface area contributed by atoms with E-state index in [1.54, 1.807) is 0 Å². The van der Waals surface area contributed by atoms with E-state index < -0.39 is 0 Å². The standard InChI is InChI=1S/C18H14.C6H13N.Cu/c1-3-9-15(10-4-1)17-13-7-8-14-18(17)16-11-5-2-6-12-16;1-7-5-3-2-4-6-7;/h1-14H;2-6H2,1H3;. The van der Waals surface area contributed by atoms with Gasteiger partial charge < -0.3 is 4.90 Å². The molecule has 0 saturated carbocycles. The van der Waals surface area contributed by atoms with E-state index in [1.165, 1.54) is 54.6 Å². The van der Waals surface area contributed by atoms with Gasteiger partial charge in [0.15, 0.2) is 0 Å². The molecule has 0 aromatic heterocycles. The minimum atomic E-state index is 0. The minimum absolute atomic E-state index is 0. The predicted octanol–water partition coefficient (Wildman–Crippen LogP) is 6.12. The van der Waals surface area contributed by atoms with Crippen LogP contribution in [0.4, 0.5) is 0 Å². The summed E-state index contributed by atoms with van der Waals surface area (Å²) in [6, 6.07) is 29.6. The van der Waals surface area contributed by atoms with Crippen molar-refractivity contribution in [2.24, 2.45) is 0 Å². The summed E-state index contributed by atoms with van der Waals surface area (Å²) in [5, 5.41) is 0. The van der Waals surface area contributed by atoms with Crippen LogP contribution in [0.25, 0.3) is 22.3 Å². The number of piperidine rings is 1. The first-order valence-electron chi connectivity index (χ1n) is 9.23. The zero-order valence-corrected chi connectivity index (χ0v) is 16.3. The largest absolute Gasteiger partial charge is 0.306 e. The minimum Gasteiger partial charge on any atom is -0.306 e. The van der Waals surface area contributed by atoms with Crippen molar-refractivity contribution in [3.05, 3.63) is 84.9 Å². The summed E-state index contributed by atoms with van der Waals surface area (Å²) in [5.41, 5.74) is 5.09. The van der Waals surface area contributed by atoms with Crippen LogP contribution in [-0.4, -0.2) is 25.0 Å². The number of benzene rings is 3. The van der Waals surface area contributed by atoms with Crippen molar-refractivity contribution < 1.29 is 17.1 Å². The second-order valence-electron chi connectivity index (χ2n) is 6.64. The molecule has 2 heteroatoms. The smallest absolute Gasteiger partial charge is 0 e. The average molecular weight is 393 g/mol. The maximum atomic E-state index is 2.39. The van der Waals surface area contributed by atoms with Gasteiger partial charge in [0.2, 0.25) is 0 Å². The third-order valence-corrected chi connectivity index (χ3v) is 4.68. The maximum absolute atomic E-state index is 2.39. The Morgan fingerprint density at radius 2 is 0.923 bits per heavy atom. The normalized spacial score (nSPS) is 13.9. The third kappa shape index (κ3) is 5.85. The monoisotopic (exact) mass is 392 g/mol. The van der Waals surface area contributed by atoms with Crippen molar-refractivity contribution >= 4 is 0 Å². The second kappa shape index (κ2) is 11.0. The van der Waals surface area contributed by atoms with E-state index in [0.29, 0.717) is 0 Å². The number of hydrogen-bond acceptors (Lipinski definition) is 1. The molecule has 1 fully saturated rings. The molecule has 1 aliphatic heterocycles. The van der Waals surface area contributed by atoms with Crippen LogP contribution in [0, 0.1) is 0 Å². The van der Waals surface area contributed by atoms with Crippen LogP contribution >= 0.6 is 0 Å². The van der Waals surface area contributed by atoms with Gasteiger partial charge in [-0.05, 0) is 55.2 Å². The Bertz CT molecular complexity index is 691. The molecule has 1 heterocycles. The van der Waals surface area contributed by atoms with Crippen LogP contribution in [-0.2, 0) is 17.1 Å². The van der Waals surface area contributed by atoms with Crippen molar-refractivity contribution in [1.29, 1.82) is 0 Å². The van der Waals surface area contributed by atoms with Crippen molar-refractivity contribution in [2.45, 2.75) is 19.3 Å². The zero-order chi connectivity index (χ0) is 17.3. The van der Waals surface area contributed by atoms with Crippen LogP contribution in [0.5, 0.6) is 0 Å². The Labute approximate surface area is 168 Å². The molecule has 0 unspecified atom stereocenters. The Morgan fingerprint density at radius 1 is 0.538 bits per heavy atom. The first-order chi connectivity index (χ1) is 12.3. The van der Waals surface area contributed by atoms with Gasteiger partial charge in [0.1, 0.15) is 0 Å². The van der Waals surface area contributed by atoms with E-state index in [9.17, 15) is 0 Å². The molecular weight excluding hydrogens is 366 g/mol. The molecule has 26 heavy (non-hydrogen) atoms. The number of rotatable bonds is 2. The molecule has 1 nitrogen and oxygen atoms in total. The zero-order valence-electron chi connectivity index (χ0n) is 15.4.